The summed E-state index contributed by atoms with van der Waals surface area (Å²) < 4.78 is 0. The topological polar surface area (TPSA) is 58.4 Å². The first kappa shape index (κ1) is 13.6. The van der Waals surface area contributed by atoms with E-state index in [1.165, 1.54) is 0 Å². The maximum absolute atomic E-state index is 12.4. The highest BCUT2D eigenvalue weighted by molar-refractivity contribution is 7.07. The van der Waals surface area contributed by atoms with E-state index >= 15 is 0 Å². The molecule has 1 amide bonds. The highest BCUT2D eigenvalue weighted by Gasteiger charge is 2.16. The van der Waals surface area contributed by atoms with Crippen molar-refractivity contribution < 1.29 is 4.79 Å². The van der Waals surface area contributed by atoms with Crippen molar-refractivity contribution in [3.05, 3.63) is 51.7 Å². The van der Waals surface area contributed by atoms with E-state index in [-0.39, 0.29) is 5.91 Å². The van der Waals surface area contributed by atoms with E-state index in [0.29, 0.717) is 17.8 Å². The summed E-state index contributed by atoms with van der Waals surface area (Å²) in [4.78, 5) is 14.1. The number of nitrogens with one attached hydrogen (secondary N) is 1. The van der Waals surface area contributed by atoms with Crippen molar-refractivity contribution in [2.24, 2.45) is 5.84 Å². The van der Waals surface area contributed by atoms with Crippen molar-refractivity contribution in [1.82, 2.24) is 4.90 Å². The first-order chi connectivity index (χ1) is 9.11. The Kier molecular flexibility index (Phi) is 4.19. The van der Waals surface area contributed by atoms with Gasteiger partial charge in [0.2, 0.25) is 0 Å². The second-order valence-electron chi connectivity index (χ2n) is 4.49. The number of nitrogen functional groups attached to an aromatic ring is 1. The number of thiophene rings is 1. The number of hydrazine groups is 1. The molecule has 0 aliphatic heterocycles. The van der Waals surface area contributed by atoms with E-state index in [9.17, 15) is 4.79 Å². The summed E-state index contributed by atoms with van der Waals surface area (Å²) in [5.74, 6) is 5.42. The summed E-state index contributed by atoms with van der Waals surface area (Å²) >= 11 is 1.63. The van der Waals surface area contributed by atoms with E-state index in [1.54, 1.807) is 23.3 Å². The third-order valence-corrected chi connectivity index (χ3v) is 3.64. The van der Waals surface area contributed by atoms with E-state index in [0.717, 1.165) is 11.1 Å². The molecule has 100 valence electrons. The zero-order valence-electron chi connectivity index (χ0n) is 11.0. The van der Waals surface area contributed by atoms with Crippen molar-refractivity contribution in [3.8, 4) is 0 Å². The monoisotopic (exact) mass is 275 g/mol. The quantitative estimate of drug-likeness (QED) is 0.666. The number of rotatable bonds is 4. The van der Waals surface area contributed by atoms with Crippen LogP contribution >= 0.6 is 11.3 Å². The van der Waals surface area contributed by atoms with Gasteiger partial charge in [0, 0.05) is 13.6 Å². The van der Waals surface area contributed by atoms with Gasteiger partial charge in [-0.05, 0) is 41.4 Å². The minimum absolute atomic E-state index is 0.0390. The van der Waals surface area contributed by atoms with Crippen LogP contribution in [0.25, 0.3) is 0 Å². The van der Waals surface area contributed by atoms with E-state index < -0.39 is 0 Å². The van der Waals surface area contributed by atoms with Gasteiger partial charge in [0.05, 0.1) is 11.3 Å². The predicted molar refractivity (Wildman–Crippen MR) is 79.1 cm³/mol. The molecule has 1 aromatic heterocycles. The second-order valence-corrected chi connectivity index (χ2v) is 5.27. The number of aryl methyl sites for hydroxylation is 1. The minimum atomic E-state index is -0.0390. The fourth-order valence-corrected chi connectivity index (χ4v) is 2.55. The van der Waals surface area contributed by atoms with E-state index in [4.69, 9.17) is 5.84 Å². The fraction of sp³-hybridized carbons (Fsp3) is 0.214. The van der Waals surface area contributed by atoms with Gasteiger partial charge in [0.15, 0.2) is 0 Å². The molecule has 3 N–H and O–H groups in total. The largest absolute Gasteiger partial charge is 0.337 e. The van der Waals surface area contributed by atoms with Gasteiger partial charge in [0.1, 0.15) is 0 Å². The Morgan fingerprint density at radius 1 is 1.42 bits per heavy atom. The molecule has 0 atom stereocenters. The van der Waals surface area contributed by atoms with Gasteiger partial charge >= 0.3 is 0 Å². The molecule has 1 aromatic carbocycles. The van der Waals surface area contributed by atoms with Crippen LogP contribution in [0.2, 0.25) is 0 Å². The summed E-state index contributed by atoms with van der Waals surface area (Å²) in [6.07, 6.45) is 0. The highest BCUT2D eigenvalue weighted by Crippen LogP contribution is 2.19. The molecular weight excluding hydrogens is 258 g/mol. The van der Waals surface area contributed by atoms with Gasteiger partial charge in [-0.15, -0.1) is 0 Å². The molecule has 0 bridgehead atoms. The molecule has 0 saturated carbocycles. The van der Waals surface area contributed by atoms with Gasteiger partial charge in [0.25, 0.3) is 5.91 Å². The molecule has 2 rings (SSSR count). The van der Waals surface area contributed by atoms with Crippen LogP contribution in [0.5, 0.6) is 0 Å². The number of carbonyl (C=O) groups excluding carboxylic acids is 1. The number of benzene rings is 1. The van der Waals surface area contributed by atoms with Crippen LogP contribution in [0.1, 0.15) is 21.5 Å². The van der Waals surface area contributed by atoms with Crippen LogP contribution in [0.3, 0.4) is 0 Å². The summed E-state index contributed by atoms with van der Waals surface area (Å²) in [5.41, 5.74) is 5.98. The molecule has 2 aromatic rings. The number of nitrogens with zero attached hydrogens (tertiary/aromatic N) is 1. The van der Waals surface area contributed by atoms with Gasteiger partial charge in [-0.25, -0.2) is 0 Å². The molecule has 19 heavy (non-hydrogen) atoms. The van der Waals surface area contributed by atoms with Crippen LogP contribution in [0.4, 0.5) is 5.69 Å². The Morgan fingerprint density at radius 2 is 2.21 bits per heavy atom. The molecule has 0 fully saturated rings. The number of amides is 1. The molecule has 0 spiro atoms. The van der Waals surface area contributed by atoms with Gasteiger partial charge < -0.3 is 10.3 Å². The fourth-order valence-electron chi connectivity index (χ4n) is 1.89. The average molecular weight is 275 g/mol. The minimum Gasteiger partial charge on any atom is -0.337 e. The first-order valence-electron chi connectivity index (χ1n) is 5.95. The van der Waals surface area contributed by atoms with Crippen LogP contribution < -0.4 is 11.3 Å². The maximum Gasteiger partial charge on any atom is 0.256 e. The Labute approximate surface area is 116 Å². The summed E-state index contributed by atoms with van der Waals surface area (Å²) in [5, 5.41) is 4.05. The molecule has 4 nitrogen and oxygen atoms in total. The SMILES string of the molecule is Cc1ccc(NN)c(C(=O)N(C)Cc2ccsc2)c1. The van der Waals surface area contributed by atoms with Gasteiger partial charge in [-0.2, -0.15) is 11.3 Å². The Bertz CT molecular complexity index is 566. The highest BCUT2D eigenvalue weighted by atomic mass is 32.1. The lowest BCUT2D eigenvalue weighted by atomic mass is 10.1. The third-order valence-electron chi connectivity index (χ3n) is 2.91. The first-order valence-corrected chi connectivity index (χ1v) is 6.90. The molecule has 0 aliphatic rings. The Morgan fingerprint density at radius 3 is 2.84 bits per heavy atom. The lowest BCUT2D eigenvalue weighted by molar-refractivity contribution is 0.0786. The van der Waals surface area contributed by atoms with Gasteiger partial charge in [-0.1, -0.05) is 11.6 Å². The van der Waals surface area contributed by atoms with Crippen molar-refractivity contribution >= 4 is 22.9 Å². The molecule has 5 heteroatoms. The molecule has 0 unspecified atom stereocenters. The van der Waals surface area contributed by atoms with Crippen molar-refractivity contribution in [1.29, 1.82) is 0 Å². The Hall–Kier alpha value is -1.85. The molecule has 0 saturated heterocycles. The number of anilines is 1. The van der Waals surface area contributed by atoms with E-state index in [1.807, 2.05) is 41.9 Å². The summed E-state index contributed by atoms with van der Waals surface area (Å²) in [6.45, 7) is 2.55. The van der Waals surface area contributed by atoms with E-state index in [2.05, 4.69) is 5.43 Å². The van der Waals surface area contributed by atoms with Crippen LogP contribution in [-0.4, -0.2) is 17.9 Å². The van der Waals surface area contributed by atoms with Crippen molar-refractivity contribution in [2.45, 2.75) is 13.5 Å². The van der Waals surface area contributed by atoms with Gasteiger partial charge in [-0.3, -0.25) is 10.6 Å². The molecule has 1 heterocycles. The van der Waals surface area contributed by atoms with Crippen molar-refractivity contribution in [2.75, 3.05) is 12.5 Å². The zero-order valence-corrected chi connectivity index (χ0v) is 11.8. The predicted octanol–water partition coefficient (Wildman–Crippen LogP) is 2.61. The van der Waals surface area contributed by atoms with Crippen LogP contribution in [-0.2, 0) is 6.54 Å². The average Bonchev–Trinajstić information content (AvgIpc) is 2.90. The lowest BCUT2D eigenvalue weighted by Crippen LogP contribution is -2.27. The standard InChI is InChI=1S/C14H17N3OS/c1-10-3-4-13(16-15)12(7-10)14(18)17(2)8-11-5-6-19-9-11/h3-7,9,16H,8,15H2,1-2H3. The number of carbonyl (C=O) groups is 1. The number of nitrogens with two attached hydrogens (primary N) is 1. The second kappa shape index (κ2) is 5.86. The smallest absolute Gasteiger partial charge is 0.256 e. The van der Waals surface area contributed by atoms with Crippen LogP contribution in [0.15, 0.2) is 35.0 Å². The molecule has 0 radical (unpaired) electrons. The molecular formula is C14H17N3OS. The third kappa shape index (κ3) is 3.13. The van der Waals surface area contributed by atoms with Crippen LogP contribution in [0, 0.1) is 6.92 Å². The number of hydrogen-bond donors (Lipinski definition) is 2. The lowest BCUT2D eigenvalue weighted by Gasteiger charge is -2.18. The van der Waals surface area contributed by atoms with Crippen molar-refractivity contribution in [3.63, 3.8) is 0 Å². The number of hydrogen-bond acceptors (Lipinski definition) is 4. The maximum atomic E-state index is 12.4. The normalized spacial score (nSPS) is 10.3. The summed E-state index contributed by atoms with van der Waals surface area (Å²) in [7, 11) is 1.79. The Balaban J connectivity index is 2.21. The zero-order chi connectivity index (χ0) is 13.8. The summed E-state index contributed by atoms with van der Waals surface area (Å²) in [6, 6.07) is 7.61. The molecule has 0 aliphatic carbocycles.